The lowest BCUT2D eigenvalue weighted by Gasteiger charge is -1.90. The lowest BCUT2D eigenvalue weighted by atomic mass is 10.4. The fourth-order valence-corrected chi connectivity index (χ4v) is 0.426. The number of hydrogen-bond donors (Lipinski definition) is 0. The van der Waals surface area contributed by atoms with Crippen molar-refractivity contribution in [1.82, 2.24) is 9.97 Å². The van der Waals surface area contributed by atoms with Gasteiger partial charge >= 0.3 is 0 Å². The molecule has 0 aromatic carbocycles. The second-order valence-corrected chi connectivity index (χ2v) is 1.67. The second-order valence-electron chi connectivity index (χ2n) is 1.67. The van der Waals surface area contributed by atoms with E-state index in [-0.39, 0.29) is 0 Å². The van der Waals surface area contributed by atoms with Crippen LogP contribution in [-0.4, -0.2) is 9.97 Å². The van der Waals surface area contributed by atoms with Gasteiger partial charge in [-0.25, -0.2) is 4.98 Å². The summed E-state index contributed by atoms with van der Waals surface area (Å²) < 4.78 is 0. The van der Waals surface area contributed by atoms with E-state index in [0.717, 1.165) is 11.4 Å². The van der Waals surface area contributed by atoms with Crippen molar-refractivity contribution in [2.45, 2.75) is 13.8 Å². The Morgan fingerprint density at radius 3 is 2.50 bits per heavy atom. The fourth-order valence-electron chi connectivity index (χ4n) is 0.426. The van der Waals surface area contributed by atoms with Crippen LogP contribution in [0.25, 0.3) is 0 Å². The summed E-state index contributed by atoms with van der Waals surface area (Å²) in [4.78, 5) is 7.85. The summed E-state index contributed by atoms with van der Waals surface area (Å²) in [6.45, 7) is 3.84. The van der Waals surface area contributed by atoms with Crippen LogP contribution < -0.4 is 0 Å². The minimum atomic E-state index is 0.951. The van der Waals surface area contributed by atoms with E-state index < -0.39 is 0 Å². The van der Waals surface area contributed by atoms with Gasteiger partial charge < -0.3 is 0 Å². The molecule has 41 valence electrons. The number of aryl methyl sites for hydroxylation is 2. The molecule has 0 unspecified atom stereocenters. The Hall–Kier alpha value is -0.920. The second kappa shape index (κ2) is 1.90. The summed E-state index contributed by atoms with van der Waals surface area (Å²) in [5, 5.41) is 0. The zero-order chi connectivity index (χ0) is 5.98. The van der Waals surface area contributed by atoms with Gasteiger partial charge in [0.25, 0.3) is 0 Å². The number of aromatic nitrogens is 2. The van der Waals surface area contributed by atoms with Crippen LogP contribution in [0.5, 0.6) is 0 Å². The maximum atomic E-state index is 3.96. The Balaban J connectivity index is 3.13. The van der Waals surface area contributed by atoms with E-state index in [1.165, 1.54) is 0 Å². The molecule has 0 saturated carbocycles. The van der Waals surface area contributed by atoms with Crippen LogP contribution in [0, 0.1) is 20.0 Å². The van der Waals surface area contributed by atoms with Crippen LogP contribution in [0.15, 0.2) is 6.20 Å². The Morgan fingerprint density at radius 1 is 1.38 bits per heavy atom. The van der Waals surface area contributed by atoms with E-state index in [1.807, 2.05) is 13.8 Å². The average Bonchev–Trinajstić information content (AvgIpc) is 1.77. The molecule has 2 heteroatoms. The predicted octanol–water partition coefficient (Wildman–Crippen LogP) is 0.894. The predicted molar refractivity (Wildman–Crippen MR) is 30.3 cm³/mol. The van der Waals surface area contributed by atoms with Gasteiger partial charge in [0.1, 0.15) is 6.20 Å². The zero-order valence-electron chi connectivity index (χ0n) is 4.97. The van der Waals surface area contributed by atoms with E-state index in [2.05, 4.69) is 16.2 Å². The van der Waals surface area contributed by atoms with Gasteiger partial charge in [-0.05, 0) is 13.8 Å². The van der Waals surface area contributed by atoms with Crippen LogP contribution in [-0.2, 0) is 0 Å². The fraction of sp³-hybridized carbons (Fsp3) is 0.333. The lowest BCUT2D eigenvalue weighted by molar-refractivity contribution is 1.04. The highest BCUT2D eigenvalue weighted by atomic mass is 14.8. The standard InChI is InChI=1S/C6H7N2/c1-5-6(2)8-4-3-7-5/h3H,1-2H3. The summed E-state index contributed by atoms with van der Waals surface area (Å²) >= 11 is 0. The normalized spacial score (nSPS) is 9.25. The first-order valence-electron chi connectivity index (χ1n) is 2.47. The Kier molecular flexibility index (Phi) is 1.24. The molecule has 0 bridgehead atoms. The van der Waals surface area contributed by atoms with Crippen molar-refractivity contribution in [3.05, 3.63) is 23.8 Å². The van der Waals surface area contributed by atoms with Crippen LogP contribution in [0.3, 0.4) is 0 Å². The summed E-state index contributed by atoms with van der Waals surface area (Å²) in [5.74, 6) is 0. The molecule has 0 aliphatic heterocycles. The van der Waals surface area contributed by atoms with Gasteiger partial charge in [0.05, 0.1) is 17.6 Å². The van der Waals surface area contributed by atoms with Crippen LogP contribution in [0.1, 0.15) is 11.4 Å². The highest BCUT2D eigenvalue weighted by Crippen LogP contribution is 1.93. The molecule has 0 spiro atoms. The SMILES string of the molecule is Cc1n[c]cnc1C. The van der Waals surface area contributed by atoms with E-state index in [4.69, 9.17) is 0 Å². The first-order chi connectivity index (χ1) is 3.80. The molecule has 0 saturated heterocycles. The molecule has 1 rings (SSSR count). The van der Waals surface area contributed by atoms with Crippen LogP contribution in [0.2, 0.25) is 0 Å². The van der Waals surface area contributed by atoms with Crippen LogP contribution in [0.4, 0.5) is 0 Å². The number of hydrogen-bond acceptors (Lipinski definition) is 2. The topological polar surface area (TPSA) is 25.8 Å². The zero-order valence-corrected chi connectivity index (χ0v) is 4.97. The highest BCUT2D eigenvalue weighted by Gasteiger charge is 1.87. The molecule has 0 aliphatic rings. The molecule has 1 radical (unpaired) electrons. The van der Waals surface area contributed by atoms with Gasteiger partial charge in [-0.1, -0.05) is 0 Å². The van der Waals surface area contributed by atoms with E-state index in [0.29, 0.717) is 0 Å². The summed E-state index contributed by atoms with van der Waals surface area (Å²) in [6.07, 6.45) is 4.21. The van der Waals surface area contributed by atoms with Gasteiger partial charge in [0.15, 0.2) is 0 Å². The molecule has 0 fully saturated rings. The molecule has 1 aromatic heterocycles. The number of rotatable bonds is 0. The van der Waals surface area contributed by atoms with Crippen LogP contribution >= 0.6 is 0 Å². The van der Waals surface area contributed by atoms with Gasteiger partial charge in [0.2, 0.25) is 0 Å². The first kappa shape index (κ1) is 5.22. The molecule has 8 heavy (non-hydrogen) atoms. The van der Waals surface area contributed by atoms with Crippen molar-refractivity contribution in [3.8, 4) is 0 Å². The summed E-state index contributed by atoms with van der Waals surface area (Å²) in [6, 6.07) is 0. The molecule has 0 atom stereocenters. The lowest BCUT2D eigenvalue weighted by Crippen LogP contribution is -1.87. The van der Waals surface area contributed by atoms with E-state index in [1.54, 1.807) is 6.20 Å². The van der Waals surface area contributed by atoms with Gasteiger partial charge in [-0.2, -0.15) is 0 Å². The molecule has 1 heterocycles. The van der Waals surface area contributed by atoms with Gasteiger partial charge in [0, 0.05) is 0 Å². The van der Waals surface area contributed by atoms with Gasteiger partial charge in [-0.3, -0.25) is 4.98 Å². The molecule has 1 aromatic rings. The Morgan fingerprint density at radius 2 is 2.12 bits per heavy atom. The largest absolute Gasteiger partial charge is 0.257 e. The maximum Gasteiger partial charge on any atom is 0.109 e. The third-order valence-corrected chi connectivity index (χ3v) is 1.07. The van der Waals surface area contributed by atoms with Crippen molar-refractivity contribution in [3.63, 3.8) is 0 Å². The van der Waals surface area contributed by atoms with Gasteiger partial charge in [-0.15, -0.1) is 0 Å². The smallest absolute Gasteiger partial charge is 0.109 e. The minimum Gasteiger partial charge on any atom is -0.257 e. The van der Waals surface area contributed by atoms with Crippen molar-refractivity contribution >= 4 is 0 Å². The molecular formula is C6H7N2. The highest BCUT2D eigenvalue weighted by molar-refractivity contribution is 5.04. The van der Waals surface area contributed by atoms with Crippen molar-refractivity contribution < 1.29 is 0 Å². The average molecular weight is 107 g/mol. The summed E-state index contributed by atoms with van der Waals surface area (Å²) in [7, 11) is 0. The van der Waals surface area contributed by atoms with Crippen molar-refractivity contribution in [1.29, 1.82) is 0 Å². The minimum absolute atomic E-state index is 0.951. The number of nitrogens with zero attached hydrogens (tertiary/aromatic N) is 2. The third kappa shape index (κ3) is 0.832. The summed E-state index contributed by atoms with van der Waals surface area (Å²) in [5.41, 5.74) is 1.93. The molecule has 2 nitrogen and oxygen atoms in total. The molecular weight excluding hydrogens is 100 g/mol. The third-order valence-electron chi connectivity index (χ3n) is 1.07. The first-order valence-corrected chi connectivity index (χ1v) is 2.47. The molecule has 0 N–H and O–H groups in total. The molecule has 0 aliphatic carbocycles. The quantitative estimate of drug-likeness (QED) is 0.492. The van der Waals surface area contributed by atoms with E-state index >= 15 is 0 Å². The Bertz CT molecular complexity index is 163. The van der Waals surface area contributed by atoms with Crippen molar-refractivity contribution in [2.75, 3.05) is 0 Å². The van der Waals surface area contributed by atoms with Crippen molar-refractivity contribution in [2.24, 2.45) is 0 Å². The monoisotopic (exact) mass is 107 g/mol. The maximum absolute atomic E-state index is 3.96. The molecule has 0 amide bonds. The Labute approximate surface area is 48.6 Å². The van der Waals surface area contributed by atoms with E-state index in [9.17, 15) is 0 Å².